The van der Waals surface area contributed by atoms with Gasteiger partial charge in [-0.2, -0.15) is 5.26 Å². The van der Waals surface area contributed by atoms with E-state index >= 15 is 0 Å². The molecule has 2 aromatic rings. The van der Waals surface area contributed by atoms with E-state index in [0.29, 0.717) is 23.6 Å². The highest BCUT2D eigenvalue weighted by Gasteiger charge is 2.02. The van der Waals surface area contributed by atoms with E-state index in [1.54, 1.807) is 18.2 Å². The number of benzene rings is 2. The number of nitrogens with two attached hydrogens (primary N) is 1. The van der Waals surface area contributed by atoms with Gasteiger partial charge < -0.3 is 10.5 Å². The lowest BCUT2D eigenvalue weighted by Gasteiger charge is -2.09. The molecule has 2 aromatic carbocycles. The van der Waals surface area contributed by atoms with Crippen LogP contribution in [-0.2, 0) is 6.61 Å². The summed E-state index contributed by atoms with van der Waals surface area (Å²) in [6.45, 7) is 2.51. The lowest BCUT2D eigenvalue weighted by atomic mass is 10.1. The Balaban J connectivity index is 2.09. The third-order valence-corrected chi connectivity index (χ3v) is 2.62. The van der Waals surface area contributed by atoms with E-state index in [0.717, 1.165) is 5.56 Å². The van der Waals surface area contributed by atoms with Crippen LogP contribution in [0.5, 0.6) is 5.75 Å². The molecule has 0 aliphatic carbocycles. The van der Waals surface area contributed by atoms with E-state index in [9.17, 15) is 0 Å². The van der Waals surface area contributed by atoms with Crippen LogP contribution in [0.15, 0.2) is 42.5 Å². The molecular formula is C15H14N2O. The predicted molar refractivity (Wildman–Crippen MR) is 71.1 cm³/mol. The van der Waals surface area contributed by atoms with Crippen molar-refractivity contribution in [3.63, 3.8) is 0 Å². The maximum Gasteiger partial charge on any atom is 0.142 e. The molecular weight excluding hydrogens is 224 g/mol. The quantitative estimate of drug-likeness (QED) is 0.836. The zero-order valence-corrected chi connectivity index (χ0v) is 10.2. The second-order valence-electron chi connectivity index (χ2n) is 4.14. The average molecular weight is 238 g/mol. The molecule has 0 atom stereocenters. The molecule has 3 nitrogen and oxygen atoms in total. The molecule has 0 heterocycles. The van der Waals surface area contributed by atoms with E-state index in [4.69, 9.17) is 15.7 Å². The van der Waals surface area contributed by atoms with Gasteiger partial charge in [-0.1, -0.05) is 29.8 Å². The maximum atomic E-state index is 8.74. The first-order valence-electron chi connectivity index (χ1n) is 5.67. The Bertz CT molecular complexity index is 600. The molecule has 0 aromatic heterocycles. The summed E-state index contributed by atoms with van der Waals surface area (Å²) in [7, 11) is 0. The summed E-state index contributed by atoms with van der Waals surface area (Å²) in [6, 6.07) is 15.2. The summed E-state index contributed by atoms with van der Waals surface area (Å²) in [5.41, 5.74) is 9.13. The number of anilines is 1. The zero-order valence-electron chi connectivity index (χ0n) is 10.2. The number of hydrogen-bond acceptors (Lipinski definition) is 3. The third-order valence-electron chi connectivity index (χ3n) is 2.62. The molecule has 0 radical (unpaired) electrons. The van der Waals surface area contributed by atoms with Crippen LogP contribution in [0.25, 0.3) is 0 Å². The second-order valence-corrected chi connectivity index (χ2v) is 4.14. The van der Waals surface area contributed by atoms with Crippen LogP contribution in [0.2, 0.25) is 0 Å². The molecule has 0 bridgehead atoms. The number of nitrogen functional groups attached to an aromatic ring is 1. The number of rotatable bonds is 3. The Labute approximate surface area is 106 Å². The molecule has 0 saturated carbocycles. The van der Waals surface area contributed by atoms with E-state index in [2.05, 4.69) is 6.07 Å². The van der Waals surface area contributed by atoms with Crippen LogP contribution in [0, 0.1) is 18.3 Å². The van der Waals surface area contributed by atoms with Crippen molar-refractivity contribution in [1.29, 1.82) is 5.26 Å². The van der Waals surface area contributed by atoms with Crippen molar-refractivity contribution in [3.05, 3.63) is 59.2 Å². The van der Waals surface area contributed by atoms with Gasteiger partial charge in [-0.15, -0.1) is 0 Å². The summed E-state index contributed by atoms with van der Waals surface area (Å²) in [4.78, 5) is 0. The smallest absolute Gasteiger partial charge is 0.142 e. The Kier molecular flexibility index (Phi) is 3.49. The SMILES string of the molecule is Cc1cccc(COc2ccc(C#N)cc2N)c1. The highest BCUT2D eigenvalue weighted by molar-refractivity contribution is 5.56. The minimum atomic E-state index is 0.470. The van der Waals surface area contributed by atoms with Crippen molar-refractivity contribution in [3.8, 4) is 11.8 Å². The Morgan fingerprint density at radius 2 is 2.06 bits per heavy atom. The van der Waals surface area contributed by atoms with Crippen LogP contribution in [-0.4, -0.2) is 0 Å². The van der Waals surface area contributed by atoms with Crippen molar-refractivity contribution in [2.75, 3.05) is 5.73 Å². The van der Waals surface area contributed by atoms with Gasteiger partial charge in [0.2, 0.25) is 0 Å². The van der Waals surface area contributed by atoms with Gasteiger partial charge in [-0.3, -0.25) is 0 Å². The highest BCUT2D eigenvalue weighted by Crippen LogP contribution is 2.23. The van der Waals surface area contributed by atoms with Gasteiger partial charge in [0, 0.05) is 0 Å². The zero-order chi connectivity index (χ0) is 13.0. The van der Waals surface area contributed by atoms with Crippen LogP contribution in [0.1, 0.15) is 16.7 Å². The van der Waals surface area contributed by atoms with Gasteiger partial charge in [0.15, 0.2) is 0 Å². The monoisotopic (exact) mass is 238 g/mol. The molecule has 90 valence electrons. The molecule has 18 heavy (non-hydrogen) atoms. The average Bonchev–Trinajstić information content (AvgIpc) is 2.37. The summed E-state index contributed by atoms with van der Waals surface area (Å²) in [5, 5.41) is 8.74. The van der Waals surface area contributed by atoms with Gasteiger partial charge in [0.1, 0.15) is 12.4 Å². The number of nitriles is 1. The van der Waals surface area contributed by atoms with Gasteiger partial charge in [-0.25, -0.2) is 0 Å². The Morgan fingerprint density at radius 3 is 2.72 bits per heavy atom. The van der Waals surface area contributed by atoms with Crippen molar-refractivity contribution in [2.45, 2.75) is 13.5 Å². The summed E-state index contributed by atoms with van der Waals surface area (Å²) < 4.78 is 5.64. The fourth-order valence-corrected chi connectivity index (χ4v) is 1.71. The molecule has 3 heteroatoms. The summed E-state index contributed by atoms with van der Waals surface area (Å²) in [6.07, 6.45) is 0. The largest absolute Gasteiger partial charge is 0.487 e. The van der Waals surface area contributed by atoms with Gasteiger partial charge in [-0.05, 0) is 30.7 Å². The van der Waals surface area contributed by atoms with Crippen LogP contribution in [0.3, 0.4) is 0 Å². The summed E-state index contributed by atoms with van der Waals surface area (Å²) in [5.74, 6) is 0.607. The normalized spacial score (nSPS) is 9.78. The lowest BCUT2D eigenvalue weighted by Crippen LogP contribution is -1.99. The first kappa shape index (κ1) is 12.0. The second kappa shape index (κ2) is 5.24. The van der Waals surface area contributed by atoms with Crippen molar-refractivity contribution in [1.82, 2.24) is 0 Å². The number of hydrogen-bond donors (Lipinski definition) is 1. The number of nitrogens with zero attached hydrogens (tertiary/aromatic N) is 1. The topological polar surface area (TPSA) is 59.0 Å². The molecule has 2 N–H and O–H groups in total. The molecule has 0 amide bonds. The highest BCUT2D eigenvalue weighted by atomic mass is 16.5. The van der Waals surface area contributed by atoms with Crippen molar-refractivity contribution >= 4 is 5.69 Å². The first-order chi connectivity index (χ1) is 8.69. The van der Waals surface area contributed by atoms with Crippen LogP contribution in [0.4, 0.5) is 5.69 Å². The Morgan fingerprint density at radius 1 is 1.22 bits per heavy atom. The minimum Gasteiger partial charge on any atom is -0.487 e. The summed E-state index contributed by atoms with van der Waals surface area (Å²) >= 11 is 0. The molecule has 0 saturated heterocycles. The Hall–Kier alpha value is -2.47. The van der Waals surface area contributed by atoms with Gasteiger partial charge in [0.25, 0.3) is 0 Å². The lowest BCUT2D eigenvalue weighted by molar-refractivity contribution is 0.308. The molecule has 0 unspecified atom stereocenters. The third kappa shape index (κ3) is 2.80. The van der Waals surface area contributed by atoms with Gasteiger partial charge >= 0.3 is 0 Å². The van der Waals surface area contributed by atoms with E-state index in [-0.39, 0.29) is 0 Å². The minimum absolute atomic E-state index is 0.470. The van der Waals surface area contributed by atoms with Crippen molar-refractivity contribution < 1.29 is 4.74 Å². The van der Waals surface area contributed by atoms with Crippen LogP contribution >= 0.6 is 0 Å². The fraction of sp³-hybridized carbons (Fsp3) is 0.133. The fourth-order valence-electron chi connectivity index (χ4n) is 1.71. The molecule has 0 fully saturated rings. The first-order valence-corrected chi connectivity index (χ1v) is 5.67. The molecule has 2 rings (SSSR count). The van der Waals surface area contributed by atoms with Gasteiger partial charge in [0.05, 0.1) is 17.3 Å². The molecule has 0 aliphatic rings. The number of aryl methyl sites for hydroxylation is 1. The predicted octanol–water partition coefficient (Wildman–Crippen LogP) is 3.03. The van der Waals surface area contributed by atoms with Crippen LogP contribution < -0.4 is 10.5 Å². The van der Waals surface area contributed by atoms with E-state index in [1.807, 2.05) is 31.2 Å². The van der Waals surface area contributed by atoms with E-state index in [1.165, 1.54) is 5.56 Å². The van der Waals surface area contributed by atoms with Crippen molar-refractivity contribution in [2.24, 2.45) is 0 Å². The molecule has 0 spiro atoms. The maximum absolute atomic E-state index is 8.74. The van der Waals surface area contributed by atoms with E-state index < -0.39 is 0 Å². The number of ether oxygens (including phenoxy) is 1. The molecule has 0 aliphatic heterocycles. The standard InChI is InChI=1S/C15H14N2O/c1-11-3-2-4-13(7-11)10-18-15-6-5-12(9-16)8-14(15)17/h2-8H,10,17H2,1H3.